The molecule has 1 N–H and O–H groups in total. The Bertz CT molecular complexity index is 750. The summed E-state index contributed by atoms with van der Waals surface area (Å²) in [6.45, 7) is 8.49. The number of hydrogen-bond donors (Lipinski definition) is 1. The second-order valence-corrected chi connectivity index (χ2v) is 6.76. The van der Waals surface area contributed by atoms with Crippen molar-refractivity contribution in [2.75, 3.05) is 18.5 Å². The van der Waals surface area contributed by atoms with Gasteiger partial charge in [-0.15, -0.1) is 11.3 Å². The Kier molecular flexibility index (Phi) is 6.58. The Morgan fingerprint density at radius 1 is 1.12 bits per heavy atom. The first-order valence-electron chi connectivity index (χ1n) is 8.29. The summed E-state index contributed by atoms with van der Waals surface area (Å²) in [4.78, 5) is 25.6. The van der Waals surface area contributed by atoms with E-state index in [-0.39, 0.29) is 5.91 Å². The van der Waals surface area contributed by atoms with Gasteiger partial charge in [-0.2, -0.15) is 0 Å². The smallest absolute Gasteiger partial charge is 0.341 e. The third-order valence-corrected chi connectivity index (χ3v) is 4.80. The van der Waals surface area contributed by atoms with Crippen LogP contribution >= 0.6 is 11.3 Å². The van der Waals surface area contributed by atoms with E-state index in [9.17, 15) is 9.59 Å². The van der Waals surface area contributed by atoms with Crippen LogP contribution in [-0.4, -0.2) is 25.1 Å². The summed E-state index contributed by atoms with van der Waals surface area (Å²) in [5.74, 6) is 0.0465. The number of esters is 1. The number of benzene rings is 1. The lowest BCUT2D eigenvalue weighted by molar-refractivity contribution is 0.0527. The molecular weight excluding hydrogens is 338 g/mol. The highest BCUT2D eigenvalue weighted by Crippen LogP contribution is 2.33. The summed E-state index contributed by atoms with van der Waals surface area (Å²) in [6.07, 6.45) is 0.927. The zero-order chi connectivity index (χ0) is 18.4. The van der Waals surface area contributed by atoms with Crippen LogP contribution in [-0.2, 0) is 4.74 Å². The van der Waals surface area contributed by atoms with Crippen LogP contribution in [0.2, 0.25) is 0 Å². The first-order valence-corrected chi connectivity index (χ1v) is 9.10. The van der Waals surface area contributed by atoms with Crippen LogP contribution in [0.4, 0.5) is 5.00 Å². The van der Waals surface area contributed by atoms with E-state index in [1.807, 2.05) is 20.8 Å². The van der Waals surface area contributed by atoms with Gasteiger partial charge < -0.3 is 14.8 Å². The van der Waals surface area contributed by atoms with Crippen LogP contribution in [0, 0.1) is 13.8 Å². The standard InChI is InChI=1S/C19H23NO4S/c1-5-11-24-15-9-7-14(8-10-15)17(21)20-18-16(19(22)23-6-2)12(3)13(4)25-18/h7-10H,5-6,11H2,1-4H3,(H,20,21). The van der Waals surface area contributed by atoms with Crippen LogP contribution in [0.3, 0.4) is 0 Å². The molecule has 0 radical (unpaired) electrons. The molecule has 6 heteroatoms. The number of carbonyl (C=O) groups is 2. The summed E-state index contributed by atoms with van der Waals surface area (Å²) in [5.41, 5.74) is 1.77. The minimum Gasteiger partial charge on any atom is -0.494 e. The monoisotopic (exact) mass is 361 g/mol. The molecule has 1 amide bonds. The van der Waals surface area contributed by atoms with Crippen molar-refractivity contribution >= 4 is 28.2 Å². The quantitative estimate of drug-likeness (QED) is 0.733. The van der Waals surface area contributed by atoms with Crippen LogP contribution in [0.25, 0.3) is 0 Å². The zero-order valence-electron chi connectivity index (χ0n) is 15.0. The molecule has 0 fully saturated rings. The average Bonchev–Trinajstić information content (AvgIpc) is 2.87. The van der Waals surface area contributed by atoms with Crippen LogP contribution < -0.4 is 10.1 Å². The number of nitrogens with one attached hydrogen (secondary N) is 1. The Balaban J connectivity index is 2.17. The summed E-state index contributed by atoms with van der Waals surface area (Å²) >= 11 is 1.37. The maximum absolute atomic E-state index is 12.5. The fourth-order valence-corrected chi connectivity index (χ4v) is 3.31. The summed E-state index contributed by atoms with van der Waals surface area (Å²) in [7, 11) is 0. The normalized spacial score (nSPS) is 10.4. The molecule has 134 valence electrons. The topological polar surface area (TPSA) is 64.6 Å². The fraction of sp³-hybridized carbons (Fsp3) is 0.368. The van der Waals surface area contributed by atoms with Crippen molar-refractivity contribution in [3.05, 3.63) is 45.8 Å². The number of anilines is 1. The van der Waals surface area contributed by atoms with Crippen molar-refractivity contribution in [2.24, 2.45) is 0 Å². The molecule has 0 spiro atoms. The summed E-state index contributed by atoms with van der Waals surface area (Å²) in [6, 6.07) is 6.94. The molecule has 5 nitrogen and oxygen atoms in total. The number of rotatable bonds is 7. The van der Waals surface area contributed by atoms with Crippen molar-refractivity contribution in [3.63, 3.8) is 0 Å². The number of ether oxygens (including phenoxy) is 2. The lowest BCUT2D eigenvalue weighted by Crippen LogP contribution is -2.14. The minimum absolute atomic E-state index is 0.270. The van der Waals surface area contributed by atoms with E-state index in [1.54, 1.807) is 31.2 Å². The Morgan fingerprint density at radius 3 is 2.40 bits per heavy atom. The number of aryl methyl sites for hydroxylation is 1. The highest BCUT2D eigenvalue weighted by molar-refractivity contribution is 7.16. The largest absolute Gasteiger partial charge is 0.494 e. The van der Waals surface area contributed by atoms with Gasteiger partial charge >= 0.3 is 5.97 Å². The molecule has 0 unspecified atom stereocenters. The second-order valence-electron chi connectivity index (χ2n) is 5.53. The molecule has 0 bridgehead atoms. The molecule has 0 saturated heterocycles. The van der Waals surface area contributed by atoms with Gasteiger partial charge in [-0.05, 0) is 57.0 Å². The van der Waals surface area contributed by atoms with Crippen LogP contribution in [0.5, 0.6) is 5.75 Å². The Morgan fingerprint density at radius 2 is 1.80 bits per heavy atom. The maximum Gasteiger partial charge on any atom is 0.341 e. The SMILES string of the molecule is CCCOc1ccc(C(=O)Nc2sc(C)c(C)c2C(=O)OCC)cc1. The lowest BCUT2D eigenvalue weighted by Gasteiger charge is -2.08. The Hall–Kier alpha value is -2.34. The van der Waals surface area contributed by atoms with Crippen molar-refractivity contribution in [3.8, 4) is 5.75 Å². The second kappa shape index (κ2) is 8.67. The predicted octanol–water partition coefficient (Wildman–Crippen LogP) is 4.58. The molecule has 1 heterocycles. The molecule has 0 atom stereocenters. The molecule has 2 aromatic rings. The van der Waals surface area contributed by atoms with E-state index in [2.05, 4.69) is 5.32 Å². The van der Waals surface area contributed by atoms with Gasteiger partial charge in [0.1, 0.15) is 10.8 Å². The fourth-order valence-electron chi connectivity index (χ4n) is 2.26. The third-order valence-electron chi connectivity index (χ3n) is 3.68. The van der Waals surface area contributed by atoms with Crippen molar-refractivity contribution in [1.82, 2.24) is 0 Å². The first kappa shape index (κ1) is 19.0. The molecule has 1 aromatic heterocycles. The van der Waals surface area contributed by atoms with Gasteiger partial charge in [0, 0.05) is 10.4 Å². The van der Waals surface area contributed by atoms with E-state index >= 15 is 0 Å². The number of thiophene rings is 1. The Labute approximate surface area is 152 Å². The van der Waals surface area contributed by atoms with Gasteiger partial charge in [0.2, 0.25) is 0 Å². The van der Waals surface area contributed by atoms with Gasteiger partial charge in [-0.25, -0.2) is 4.79 Å². The lowest BCUT2D eigenvalue weighted by atomic mass is 10.1. The highest BCUT2D eigenvalue weighted by Gasteiger charge is 2.22. The number of hydrogen-bond acceptors (Lipinski definition) is 5. The molecule has 25 heavy (non-hydrogen) atoms. The van der Waals surface area contributed by atoms with Gasteiger partial charge in [0.15, 0.2) is 0 Å². The van der Waals surface area contributed by atoms with E-state index < -0.39 is 5.97 Å². The highest BCUT2D eigenvalue weighted by atomic mass is 32.1. The van der Waals surface area contributed by atoms with Crippen molar-refractivity contribution in [2.45, 2.75) is 34.1 Å². The molecule has 0 aliphatic heterocycles. The van der Waals surface area contributed by atoms with E-state index in [1.165, 1.54) is 11.3 Å². The third kappa shape index (κ3) is 4.60. The average molecular weight is 361 g/mol. The maximum atomic E-state index is 12.5. The van der Waals surface area contributed by atoms with Gasteiger partial charge in [0.25, 0.3) is 5.91 Å². The van der Waals surface area contributed by atoms with E-state index in [4.69, 9.17) is 9.47 Å². The minimum atomic E-state index is -0.414. The van der Waals surface area contributed by atoms with Crippen LogP contribution in [0.1, 0.15) is 51.4 Å². The van der Waals surface area contributed by atoms with E-state index in [0.717, 1.165) is 22.6 Å². The van der Waals surface area contributed by atoms with Gasteiger partial charge in [-0.3, -0.25) is 4.79 Å². The summed E-state index contributed by atoms with van der Waals surface area (Å²) < 4.78 is 10.6. The first-order chi connectivity index (χ1) is 12.0. The summed E-state index contributed by atoms with van der Waals surface area (Å²) in [5, 5.41) is 3.35. The van der Waals surface area contributed by atoms with Gasteiger partial charge in [-0.1, -0.05) is 6.92 Å². The molecule has 0 saturated carbocycles. The predicted molar refractivity (Wildman–Crippen MR) is 99.9 cm³/mol. The van der Waals surface area contributed by atoms with Crippen molar-refractivity contribution < 1.29 is 19.1 Å². The molecular formula is C19H23NO4S. The molecule has 0 aliphatic carbocycles. The number of amides is 1. The van der Waals surface area contributed by atoms with E-state index in [0.29, 0.717) is 29.3 Å². The van der Waals surface area contributed by atoms with Gasteiger partial charge in [0.05, 0.1) is 18.8 Å². The van der Waals surface area contributed by atoms with Crippen molar-refractivity contribution in [1.29, 1.82) is 0 Å². The molecule has 2 rings (SSSR count). The molecule has 0 aliphatic rings. The van der Waals surface area contributed by atoms with Crippen LogP contribution in [0.15, 0.2) is 24.3 Å². The molecule has 1 aromatic carbocycles. The zero-order valence-corrected chi connectivity index (χ0v) is 15.8. The number of carbonyl (C=O) groups excluding carboxylic acids is 2.